The molecule has 1 aromatic heterocycles. The van der Waals surface area contributed by atoms with Crippen LogP contribution in [0.1, 0.15) is 27.6 Å². The molecule has 0 atom stereocenters. The molecule has 3 aromatic rings. The number of rotatable bonds is 5. The van der Waals surface area contributed by atoms with Gasteiger partial charge < -0.3 is 10.6 Å². The van der Waals surface area contributed by atoms with E-state index in [4.69, 9.17) is 0 Å². The minimum absolute atomic E-state index is 0.0859. The van der Waals surface area contributed by atoms with Crippen molar-refractivity contribution in [1.82, 2.24) is 9.97 Å². The van der Waals surface area contributed by atoms with Crippen LogP contribution in [0.5, 0.6) is 0 Å². The largest absolute Gasteiger partial charge is 0.324 e. The third kappa shape index (κ3) is 4.27. The van der Waals surface area contributed by atoms with Gasteiger partial charge in [0.05, 0.1) is 5.56 Å². The second kappa shape index (κ2) is 7.52. The van der Waals surface area contributed by atoms with E-state index >= 15 is 0 Å². The fourth-order valence-electron chi connectivity index (χ4n) is 2.22. The number of aromatic nitrogens is 2. The Bertz CT molecular complexity index is 958. The van der Waals surface area contributed by atoms with Crippen molar-refractivity contribution in [1.29, 1.82) is 0 Å². The van der Waals surface area contributed by atoms with Gasteiger partial charge in [-0.1, -0.05) is 18.2 Å². The molecule has 0 aliphatic heterocycles. The summed E-state index contributed by atoms with van der Waals surface area (Å²) in [5.74, 6) is -0.621. The maximum absolute atomic E-state index is 13.2. The molecule has 26 heavy (non-hydrogen) atoms. The Kier molecular flexibility index (Phi) is 4.98. The monoisotopic (exact) mass is 350 g/mol. The molecule has 0 aliphatic carbocycles. The molecule has 7 heteroatoms. The Hall–Kier alpha value is -3.61. The Labute approximate surface area is 149 Å². The Morgan fingerprint density at radius 1 is 0.923 bits per heavy atom. The van der Waals surface area contributed by atoms with Gasteiger partial charge in [-0.25, -0.2) is 14.4 Å². The van der Waals surface area contributed by atoms with Crippen LogP contribution in [0.3, 0.4) is 0 Å². The summed E-state index contributed by atoms with van der Waals surface area (Å²) < 4.78 is 13.2. The minimum atomic E-state index is -0.400. The van der Waals surface area contributed by atoms with E-state index < -0.39 is 5.91 Å². The van der Waals surface area contributed by atoms with Crippen molar-refractivity contribution in [2.24, 2.45) is 0 Å². The predicted octanol–water partition coefficient (Wildman–Crippen LogP) is 3.81. The number of benzene rings is 2. The zero-order valence-corrected chi connectivity index (χ0v) is 13.9. The van der Waals surface area contributed by atoms with Gasteiger partial charge in [0.25, 0.3) is 5.91 Å². The van der Waals surface area contributed by atoms with Crippen LogP contribution in [-0.2, 0) is 0 Å². The summed E-state index contributed by atoms with van der Waals surface area (Å²) in [5.41, 5.74) is 1.77. The number of hydrogen-bond acceptors (Lipinski definition) is 5. The zero-order valence-electron chi connectivity index (χ0n) is 13.9. The maximum Gasteiger partial charge on any atom is 0.258 e. The van der Waals surface area contributed by atoms with Crippen molar-refractivity contribution < 1.29 is 14.0 Å². The van der Waals surface area contributed by atoms with Crippen LogP contribution < -0.4 is 10.6 Å². The van der Waals surface area contributed by atoms with Gasteiger partial charge in [-0.05, 0) is 37.3 Å². The standard InChI is InChI=1S/C19H15FN4O2/c1-12(25)13-4-2-6-16(8-13)23-18(26)14-10-21-19(22-11-14)24-17-7-3-5-15(20)9-17/h2-11H,1H3,(H,23,26)(H,21,22,24). The van der Waals surface area contributed by atoms with E-state index in [-0.39, 0.29) is 23.1 Å². The van der Waals surface area contributed by atoms with E-state index in [9.17, 15) is 14.0 Å². The maximum atomic E-state index is 13.2. The normalized spacial score (nSPS) is 10.2. The van der Waals surface area contributed by atoms with E-state index in [1.165, 1.54) is 31.5 Å². The average Bonchev–Trinajstić information content (AvgIpc) is 2.62. The van der Waals surface area contributed by atoms with Crippen molar-refractivity contribution in [2.45, 2.75) is 6.92 Å². The molecule has 3 rings (SSSR count). The highest BCUT2D eigenvalue weighted by atomic mass is 19.1. The summed E-state index contributed by atoms with van der Waals surface area (Å²) in [6.45, 7) is 1.46. The summed E-state index contributed by atoms with van der Waals surface area (Å²) in [7, 11) is 0. The number of amides is 1. The molecule has 6 nitrogen and oxygen atoms in total. The van der Waals surface area contributed by atoms with Crippen molar-refractivity contribution in [3.05, 3.63) is 77.9 Å². The summed E-state index contributed by atoms with van der Waals surface area (Å²) in [6.07, 6.45) is 2.72. The summed E-state index contributed by atoms with van der Waals surface area (Å²) in [4.78, 5) is 31.8. The molecule has 2 aromatic carbocycles. The number of carbonyl (C=O) groups excluding carboxylic acids is 2. The minimum Gasteiger partial charge on any atom is -0.324 e. The van der Waals surface area contributed by atoms with Crippen molar-refractivity contribution in [3.63, 3.8) is 0 Å². The molecule has 2 N–H and O–H groups in total. The summed E-state index contributed by atoms with van der Waals surface area (Å²) >= 11 is 0. The molecule has 0 spiro atoms. The SMILES string of the molecule is CC(=O)c1cccc(NC(=O)c2cnc(Nc3cccc(F)c3)nc2)c1. The molecular weight excluding hydrogens is 335 g/mol. The van der Waals surface area contributed by atoms with Gasteiger partial charge in [0, 0.05) is 29.3 Å². The number of nitrogens with zero attached hydrogens (tertiary/aromatic N) is 2. The van der Waals surface area contributed by atoms with E-state index in [1.807, 2.05) is 0 Å². The van der Waals surface area contributed by atoms with E-state index in [1.54, 1.807) is 36.4 Å². The van der Waals surface area contributed by atoms with E-state index in [0.29, 0.717) is 16.9 Å². The molecule has 0 saturated carbocycles. The summed E-state index contributed by atoms with van der Waals surface area (Å²) in [6, 6.07) is 12.5. The van der Waals surface area contributed by atoms with Gasteiger partial charge in [0.2, 0.25) is 5.95 Å². The van der Waals surface area contributed by atoms with Crippen molar-refractivity contribution >= 4 is 29.0 Å². The molecule has 0 saturated heterocycles. The fraction of sp³-hybridized carbons (Fsp3) is 0.0526. The van der Waals surface area contributed by atoms with Gasteiger partial charge in [-0.15, -0.1) is 0 Å². The molecule has 130 valence electrons. The van der Waals surface area contributed by atoms with Crippen LogP contribution >= 0.6 is 0 Å². The van der Waals surface area contributed by atoms with Gasteiger partial charge in [-0.2, -0.15) is 0 Å². The number of nitrogens with one attached hydrogen (secondary N) is 2. The van der Waals surface area contributed by atoms with Gasteiger partial charge in [0.15, 0.2) is 5.78 Å². The molecule has 0 fully saturated rings. The topological polar surface area (TPSA) is 84.0 Å². The van der Waals surface area contributed by atoms with E-state index in [2.05, 4.69) is 20.6 Å². The van der Waals surface area contributed by atoms with Crippen LogP contribution in [0, 0.1) is 5.82 Å². The molecule has 0 unspecified atom stereocenters. The van der Waals surface area contributed by atoms with Crippen LogP contribution in [0.25, 0.3) is 0 Å². The van der Waals surface area contributed by atoms with Crippen LogP contribution in [-0.4, -0.2) is 21.7 Å². The number of anilines is 3. The van der Waals surface area contributed by atoms with Crippen LogP contribution in [0.4, 0.5) is 21.7 Å². The predicted molar refractivity (Wildman–Crippen MR) is 96.1 cm³/mol. The number of hydrogen-bond donors (Lipinski definition) is 2. The lowest BCUT2D eigenvalue weighted by Gasteiger charge is -2.07. The van der Waals surface area contributed by atoms with Crippen molar-refractivity contribution in [2.75, 3.05) is 10.6 Å². The number of ketones is 1. The quantitative estimate of drug-likeness (QED) is 0.684. The first-order valence-electron chi connectivity index (χ1n) is 7.78. The van der Waals surface area contributed by atoms with Crippen LogP contribution in [0.15, 0.2) is 60.9 Å². The highest BCUT2D eigenvalue weighted by Crippen LogP contribution is 2.15. The first-order chi connectivity index (χ1) is 12.5. The van der Waals surface area contributed by atoms with Crippen molar-refractivity contribution in [3.8, 4) is 0 Å². The Morgan fingerprint density at radius 3 is 2.31 bits per heavy atom. The third-order valence-electron chi connectivity index (χ3n) is 3.52. The van der Waals surface area contributed by atoms with Gasteiger partial charge >= 0.3 is 0 Å². The molecule has 1 amide bonds. The molecule has 0 bridgehead atoms. The second-order valence-electron chi connectivity index (χ2n) is 5.52. The number of halogens is 1. The first-order valence-corrected chi connectivity index (χ1v) is 7.78. The molecule has 0 aliphatic rings. The second-order valence-corrected chi connectivity index (χ2v) is 5.52. The van der Waals surface area contributed by atoms with E-state index in [0.717, 1.165) is 0 Å². The van der Waals surface area contributed by atoms with Crippen LogP contribution in [0.2, 0.25) is 0 Å². The Morgan fingerprint density at radius 2 is 1.62 bits per heavy atom. The van der Waals surface area contributed by atoms with Gasteiger partial charge in [-0.3, -0.25) is 9.59 Å². The average molecular weight is 350 g/mol. The lowest BCUT2D eigenvalue weighted by atomic mass is 10.1. The Balaban J connectivity index is 1.69. The zero-order chi connectivity index (χ0) is 18.5. The first kappa shape index (κ1) is 17.2. The molecular formula is C19H15FN4O2. The third-order valence-corrected chi connectivity index (χ3v) is 3.52. The highest BCUT2D eigenvalue weighted by Gasteiger charge is 2.09. The smallest absolute Gasteiger partial charge is 0.258 e. The highest BCUT2D eigenvalue weighted by molar-refractivity contribution is 6.04. The lowest BCUT2D eigenvalue weighted by Crippen LogP contribution is -2.13. The number of carbonyl (C=O) groups is 2. The lowest BCUT2D eigenvalue weighted by molar-refractivity contribution is 0.101. The summed E-state index contributed by atoms with van der Waals surface area (Å²) in [5, 5.41) is 5.54. The fourth-order valence-corrected chi connectivity index (χ4v) is 2.22. The molecule has 1 heterocycles. The molecule has 0 radical (unpaired) electrons. The van der Waals surface area contributed by atoms with Gasteiger partial charge in [0.1, 0.15) is 5.82 Å². The number of Topliss-reactive ketones (excluding diaryl/α,β-unsaturated/α-hetero) is 1.